The molecule has 134 valence electrons. The average molecular weight is 411 g/mol. The first-order valence-corrected chi connectivity index (χ1v) is 9.97. The molecule has 0 bridgehead atoms. The van der Waals surface area contributed by atoms with E-state index in [0.717, 1.165) is 50.9 Å². The first-order chi connectivity index (χ1) is 12.6. The zero-order valence-corrected chi connectivity index (χ0v) is 16.9. The molecule has 0 saturated heterocycles. The van der Waals surface area contributed by atoms with Crippen molar-refractivity contribution in [3.63, 3.8) is 0 Å². The molecule has 3 nitrogen and oxygen atoms in total. The van der Waals surface area contributed by atoms with Crippen molar-refractivity contribution in [2.24, 2.45) is 0 Å². The Morgan fingerprint density at radius 2 is 1.62 bits per heavy atom. The number of aromatic nitrogens is 1. The first-order valence-electron chi connectivity index (χ1n) is 8.38. The van der Waals surface area contributed by atoms with E-state index in [1.807, 2.05) is 42.3 Å². The van der Waals surface area contributed by atoms with Crippen molar-refractivity contribution >= 4 is 54.6 Å². The molecule has 0 spiro atoms. The van der Waals surface area contributed by atoms with Gasteiger partial charge in [-0.2, -0.15) is 4.57 Å². The predicted octanol–water partition coefficient (Wildman–Crippen LogP) is 5.23. The SMILES string of the molecule is C=C/C=C(\C=C)c1c2cc(N)ccc2c2ccc(N)cc2[n+]1CC.CBr. The molecule has 0 amide bonds. The van der Waals surface area contributed by atoms with E-state index in [4.69, 9.17) is 11.5 Å². The second kappa shape index (κ2) is 8.68. The number of fused-ring (bicyclic) bond motifs is 3. The van der Waals surface area contributed by atoms with Gasteiger partial charge in [-0.25, -0.2) is 0 Å². The Morgan fingerprint density at radius 3 is 2.19 bits per heavy atom. The minimum Gasteiger partial charge on any atom is -0.399 e. The Labute approximate surface area is 163 Å². The highest BCUT2D eigenvalue weighted by molar-refractivity contribution is 9.08. The van der Waals surface area contributed by atoms with Crippen LogP contribution in [0.2, 0.25) is 0 Å². The van der Waals surface area contributed by atoms with Gasteiger partial charge >= 0.3 is 0 Å². The predicted molar refractivity (Wildman–Crippen MR) is 119 cm³/mol. The molecule has 0 radical (unpaired) electrons. The van der Waals surface area contributed by atoms with Gasteiger partial charge in [-0.05, 0) is 43.1 Å². The zero-order chi connectivity index (χ0) is 19.3. The van der Waals surface area contributed by atoms with Crippen molar-refractivity contribution < 1.29 is 4.57 Å². The quantitative estimate of drug-likeness (QED) is 0.203. The average Bonchev–Trinajstić information content (AvgIpc) is 2.66. The van der Waals surface area contributed by atoms with Crippen molar-refractivity contribution in [3.05, 3.63) is 73.5 Å². The zero-order valence-electron chi connectivity index (χ0n) is 15.3. The second-order valence-corrected chi connectivity index (χ2v) is 5.74. The van der Waals surface area contributed by atoms with Gasteiger partial charge in [0, 0.05) is 28.4 Å². The number of anilines is 2. The molecule has 0 aliphatic heterocycles. The number of allylic oxidation sites excluding steroid dienone is 4. The summed E-state index contributed by atoms with van der Waals surface area (Å²) in [5.74, 6) is 1.81. The number of aryl methyl sites for hydroxylation is 1. The second-order valence-electron chi connectivity index (χ2n) is 5.74. The summed E-state index contributed by atoms with van der Waals surface area (Å²) in [6.07, 6.45) is 5.60. The largest absolute Gasteiger partial charge is 0.399 e. The number of pyridine rings is 1. The number of nitrogen functional groups attached to an aromatic ring is 2. The number of rotatable bonds is 4. The molecule has 0 aliphatic carbocycles. The van der Waals surface area contributed by atoms with E-state index >= 15 is 0 Å². The highest BCUT2D eigenvalue weighted by atomic mass is 79.9. The van der Waals surface area contributed by atoms with Crippen LogP contribution in [0, 0.1) is 0 Å². The molecule has 3 rings (SSSR count). The third kappa shape index (κ3) is 3.51. The van der Waals surface area contributed by atoms with Crippen LogP contribution in [-0.4, -0.2) is 5.83 Å². The Kier molecular flexibility index (Phi) is 6.58. The molecule has 4 heteroatoms. The van der Waals surface area contributed by atoms with Crippen LogP contribution in [0.25, 0.3) is 27.2 Å². The minimum absolute atomic E-state index is 0.739. The number of nitrogens with two attached hydrogens (primary N) is 2. The molecule has 26 heavy (non-hydrogen) atoms. The van der Waals surface area contributed by atoms with E-state index < -0.39 is 0 Å². The van der Waals surface area contributed by atoms with Crippen molar-refractivity contribution in [3.8, 4) is 0 Å². The van der Waals surface area contributed by atoms with Gasteiger partial charge in [-0.15, -0.1) is 0 Å². The summed E-state index contributed by atoms with van der Waals surface area (Å²) < 4.78 is 2.25. The first kappa shape index (κ1) is 19.7. The van der Waals surface area contributed by atoms with Gasteiger partial charge in [0.05, 0.1) is 10.8 Å². The number of hydrogen-bond donors (Lipinski definition) is 2. The number of benzene rings is 2. The van der Waals surface area contributed by atoms with Crippen LogP contribution in [0.15, 0.2) is 67.8 Å². The van der Waals surface area contributed by atoms with E-state index in [9.17, 15) is 0 Å². The molecule has 2 aromatic carbocycles. The summed E-state index contributed by atoms with van der Waals surface area (Å²) >= 11 is 2.94. The van der Waals surface area contributed by atoms with E-state index in [2.05, 4.69) is 52.7 Å². The topological polar surface area (TPSA) is 55.9 Å². The van der Waals surface area contributed by atoms with Crippen molar-refractivity contribution in [2.75, 3.05) is 17.3 Å². The van der Waals surface area contributed by atoms with Gasteiger partial charge in [-0.3, -0.25) is 0 Å². The molecule has 1 aromatic heterocycles. The fourth-order valence-corrected chi connectivity index (χ4v) is 3.27. The molecule has 0 atom stereocenters. The van der Waals surface area contributed by atoms with Crippen LogP contribution in [0.5, 0.6) is 0 Å². The molecule has 0 aliphatic rings. The van der Waals surface area contributed by atoms with Crippen molar-refractivity contribution in [2.45, 2.75) is 13.5 Å². The van der Waals surface area contributed by atoms with E-state index in [0.29, 0.717) is 0 Å². The number of hydrogen-bond acceptors (Lipinski definition) is 2. The van der Waals surface area contributed by atoms with Crippen molar-refractivity contribution in [1.29, 1.82) is 0 Å². The van der Waals surface area contributed by atoms with Gasteiger partial charge in [0.2, 0.25) is 11.2 Å². The molecule has 4 N–H and O–H groups in total. The highest BCUT2D eigenvalue weighted by Gasteiger charge is 2.22. The lowest BCUT2D eigenvalue weighted by atomic mass is 9.98. The summed E-state index contributed by atoms with van der Waals surface area (Å²) in [4.78, 5) is 0. The summed E-state index contributed by atoms with van der Waals surface area (Å²) in [6.45, 7) is 10.7. The van der Waals surface area contributed by atoms with Crippen LogP contribution in [0.3, 0.4) is 0 Å². The Hall–Kier alpha value is -2.59. The maximum absolute atomic E-state index is 6.07. The van der Waals surface area contributed by atoms with Gasteiger partial charge in [-0.1, -0.05) is 47.3 Å². The Balaban J connectivity index is 0.00000117. The summed E-state index contributed by atoms with van der Waals surface area (Å²) in [6, 6.07) is 12.1. The molecule has 3 aromatic rings. The molecule has 0 unspecified atom stereocenters. The lowest BCUT2D eigenvalue weighted by Crippen LogP contribution is -2.38. The van der Waals surface area contributed by atoms with Gasteiger partial charge in [0.25, 0.3) is 0 Å². The fraction of sp³-hybridized carbons (Fsp3) is 0.136. The lowest BCUT2D eigenvalue weighted by Gasteiger charge is -2.12. The summed E-state index contributed by atoms with van der Waals surface area (Å²) in [7, 11) is 0. The maximum Gasteiger partial charge on any atom is 0.220 e. The normalized spacial score (nSPS) is 11.1. The highest BCUT2D eigenvalue weighted by Crippen LogP contribution is 2.31. The van der Waals surface area contributed by atoms with E-state index in [-0.39, 0.29) is 0 Å². The van der Waals surface area contributed by atoms with E-state index in [1.54, 1.807) is 6.08 Å². The lowest BCUT2D eigenvalue weighted by molar-refractivity contribution is -0.668. The van der Waals surface area contributed by atoms with Gasteiger partial charge in [0.15, 0.2) is 0 Å². The third-order valence-corrected chi connectivity index (χ3v) is 4.28. The molecule has 0 fully saturated rings. The Bertz CT molecular complexity index is 1000. The third-order valence-electron chi connectivity index (χ3n) is 4.28. The van der Waals surface area contributed by atoms with Crippen LogP contribution >= 0.6 is 15.9 Å². The standard InChI is InChI=1S/C21H21N3.CH3Br/c1-4-7-14(5-2)21-19-12-15(22)8-10-17(19)18-11-9-16(23)13-20(18)24(21)6-3;1-2/h4-5,7-13,23H,1-2,6,22H2,3H3;1H3/p+1/b14-7+;. The maximum atomic E-state index is 6.07. The van der Waals surface area contributed by atoms with Gasteiger partial charge in [0.1, 0.15) is 6.54 Å². The number of nitrogens with zero attached hydrogens (tertiary/aromatic N) is 1. The summed E-state index contributed by atoms with van der Waals surface area (Å²) in [5, 5.41) is 3.41. The monoisotopic (exact) mass is 410 g/mol. The molecule has 0 saturated carbocycles. The van der Waals surface area contributed by atoms with Crippen LogP contribution in [-0.2, 0) is 6.54 Å². The summed E-state index contributed by atoms with van der Waals surface area (Å²) in [5.41, 5.74) is 16.8. The fourth-order valence-electron chi connectivity index (χ4n) is 3.27. The van der Waals surface area contributed by atoms with Crippen LogP contribution in [0.4, 0.5) is 11.4 Å². The smallest absolute Gasteiger partial charge is 0.220 e. The number of alkyl halides is 1. The molecular weight excluding hydrogens is 386 g/mol. The van der Waals surface area contributed by atoms with Gasteiger partial charge < -0.3 is 11.5 Å². The minimum atomic E-state index is 0.739. The van der Waals surface area contributed by atoms with Crippen LogP contribution < -0.4 is 16.0 Å². The van der Waals surface area contributed by atoms with E-state index in [1.165, 1.54) is 0 Å². The van der Waals surface area contributed by atoms with Crippen molar-refractivity contribution in [1.82, 2.24) is 0 Å². The van der Waals surface area contributed by atoms with Crippen LogP contribution in [0.1, 0.15) is 12.6 Å². The Morgan fingerprint density at radius 1 is 1.00 bits per heavy atom. The molecule has 1 heterocycles. The molecular formula is C22H25BrN3+. The number of halogens is 1.